The van der Waals surface area contributed by atoms with Crippen molar-refractivity contribution in [2.24, 2.45) is 0 Å². The lowest BCUT2D eigenvalue weighted by atomic mass is 10.0. The van der Waals surface area contributed by atoms with Crippen molar-refractivity contribution in [1.82, 2.24) is 10.2 Å². The Kier molecular flexibility index (Phi) is 7.25. The van der Waals surface area contributed by atoms with Crippen molar-refractivity contribution in [3.63, 3.8) is 0 Å². The zero-order valence-electron chi connectivity index (χ0n) is 16.5. The molecule has 8 heteroatoms. The third kappa shape index (κ3) is 7.09. The molecule has 1 aromatic carbocycles. The first-order chi connectivity index (χ1) is 13.1. The van der Waals surface area contributed by atoms with Crippen LogP contribution in [0.2, 0.25) is 0 Å². The highest BCUT2D eigenvalue weighted by Gasteiger charge is 2.33. The fourth-order valence-electron chi connectivity index (χ4n) is 3.14. The number of hydrogen-bond acceptors (Lipinski definition) is 5. The van der Waals surface area contributed by atoms with Crippen molar-refractivity contribution in [1.29, 1.82) is 0 Å². The van der Waals surface area contributed by atoms with E-state index in [0.29, 0.717) is 25.8 Å². The fourth-order valence-corrected chi connectivity index (χ4v) is 3.14. The van der Waals surface area contributed by atoms with E-state index in [-0.39, 0.29) is 12.3 Å². The molecule has 1 fully saturated rings. The molecule has 0 spiro atoms. The van der Waals surface area contributed by atoms with Gasteiger partial charge in [0.2, 0.25) is 5.91 Å². The van der Waals surface area contributed by atoms with Crippen LogP contribution in [0.1, 0.15) is 45.6 Å². The monoisotopic (exact) mass is 392 g/mol. The van der Waals surface area contributed by atoms with Crippen LogP contribution < -0.4 is 5.32 Å². The number of carboxylic acid groups (broad SMARTS) is 1. The number of benzene rings is 1. The van der Waals surface area contributed by atoms with Crippen LogP contribution in [-0.2, 0) is 20.7 Å². The van der Waals surface area contributed by atoms with Gasteiger partial charge in [0.25, 0.3) is 0 Å². The summed E-state index contributed by atoms with van der Waals surface area (Å²) >= 11 is 0. The zero-order chi connectivity index (χ0) is 20.7. The van der Waals surface area contributed by atoms with E-state index < -0.39 is 30.1 Å². The predicted molar refractivity (Wildman–Crippen MR) is 102 cm³/mol. The Morgan fingerprint density at radius 3 is 2.54 bits per heavy atom. The number of nitrogens with one attached hydrogen (secondary N) is 1. The Morgan fingerprint density at radius 2 is 1.93 bits per heavy atom. The van der Waals surface area contributed by atoms with Crippen molar-refractivity contribution < 1.29 is 29.0 Å². The molecule has 154 valence electrons. The summed E-state index contributed by atoms with van der Waals surface area (Å²) in [6.45, 7) is 5.73. The van der Waals surface area contributed by atoms with Crippen molar-refractivity contribution in [3.8, 4) is 0 Å². The third-order valence-electron chi connectivity index (χ3n) is 4.22. The summed E-state index contributed by atoms with van der Waals surface area (Å²) < 4.78 is 10.1. The highest BCUT2D eigenvalue weighted by atomic mass is 16.7. The van der Waals surface area contributed by atoms with E-state index in [4.69, 9.17) is 14.6 Å². The Balaban J connectivity index is 2.06. The van der Waals surface area contributed by atoms with Gasteiger partial charge in [-0.15, -0.1) is 0 Å². The average Bonchev–Trinajstić information content (AvgIpc) is 3.01. The van der Waals surface area contributed by atoms with Gasteiger partial charge in [-0.1, -0.05) is 30.3 Å². The van der Waals surface area contributed by atoms with Gasteiger partial charge < -0.3 is 24.8 Å². The maximum absolute atomic E-state index is 12.8. The minimum atomic E-state index is -1.41. The van der Waals surface area contributed by atoms with Crippen LogP contribution in [0.3, 0.4) is 0 Å². The summed E-state index contributed by atoms with van der Waals surface area (Å²) in [5.41, 5.74) is 0.317. The lowest BCUT2D eigenvalue weighted by Crippen LogP contribution is -2.45. The topological polar surface area (TPSA) is 105 Å². The molecule has 2 N–H and O–H groups in total. The number of carbonyl (C=O) groups excluding carboxylic acids is 2. The Hall–Kier alpha value is -2.77. The first kappa shape index (κ1) is 21.5. The molecule has 0 aliphatic carbocycles. The van der Waals surface area contributed by atoms with E-state index in [0.717, 1.165) is 5.56 Å². The molecule has 0 radical (unpaired) electrons. The molecule has 1 saturated heterocycles. The fraction of sp³-hybridized carbons (Fsp3) is 0.550. The van der Waals surface area contributed by atoms with E-state index >= 15 is 0 Å². The second kappa shape index (κ2) is 9.43. The molecule has 0 aromatic heterocycles. The average molecular weight is 392 g/mol. The first-order valence-corrected chi connectivity index (χ1v) is 9.36. The van der Waals surface area contributed by atoms with E-state index in [9.17, 15) is 14.4 Å². The van der Waals surface area contributed by atoms with Gasteiger partial charge in [0.05, 0.1) is 0 Å². The molecule has 1 aliphatic rings. The standard InChI is InChI=1S/C20H28N2O6/c1-20(2,3)28-18(24)21-15(12-14-8-5-4-6-9-14)13-16(23)22-11-7-10-17(22)27-19(25)26/h4-6,8-9,15,17H,7,10-13H2,1-3H3,(H,21,24)(H,25,26). The van der Waals surface area contributed by atoms with Crippen molar-refractivity contribution in [3.05, 3.63) is 35.9 Å². The maximum atomic E-state index is 12.8. The molecule has 28 heavy (non-hydrogen) atoms. The van der Waals surface area contributed by atoms with Crippen molar-refractivity contribution in [2.45, 2.75) is 64.3 Å². The lowest BCUT2D eigenvalue weighted by molar-refractivity contribution is -0.139. The summed E-state index contributed by atoms with van der Waals surface area (Å²) in [6.07, 6.45) is -1.16. The van der Waals surface area contributed by atoms with Gasteiger partial charge in [0.1, 0.15) is 5.60 Å². The lowest BCUT2D eigenvalue weighted by Gasteiger charge is -2.27. The molecule has 1 aromatic rings. The van der Waals surface area contributed by atoms with Crippen LogP contribution in [0, 0.1) is 0 Å². The van der Waals surface area contributed by atoms with Gasteiger partial charge in [0, 0.05) is 25.4 Å². The predicted octanol–water partition coefficient (Wildman–Crippen LogP) is 3.16. The van der Waals surface area contributed by atoms with Gasteiger partial charge in [-0.2, -0.15) is 0 Å². The number of carbonyl (C=O) groups is 3. The molecule has 2 unspecified atom stereocenters. The number of amides is 2. The van der Waals surface area contributed by atoms with E-state index in [1.165, 1.54) is 4.90 Å². The Bertz CT molecular complexity index is 686. The molecule has 0 saturated carbocycles. The Labute approximate surface area is 164 Å². The largest absolute Gasteiger partial charge is 0.507 e. The highest BCUT2D eigenvalue weighted by Crippen LogP contribution is 2.21. The van der Waals surface area contributed by atoms with Crippen LogP contribution in [0.5, 0.6) is 0 Å². The minimum Gasteiger partial charge on any atom is -0.450 e. The third-order valence-corrected chi connectivity index (χ3v) is 4.22. The molecule has 1 heterocycles. The molecule has 2 rings (SSSR count). The minimum absolute atomic E-state index is 0.0214. The number of alkyl carbamates (subject to hydrolysis) is 1. The number of nitrogens with zero attached hydrogens (tertiary/aromatic N) is 1. The summed E-state index contributed by atoms with van der Waals surface area (Å²) in [6, 6.07) is 9.01. The van der Waals surface area contributed by atoms with Crippen molar-refractivity contribution in [2.75, 3.05) is 6.54 Å². The number of ether oxygens (including phenoxy) is 2. The SMILES string of the molecule is CC(C)(C)OC(=O)NC(CC(=O)N1CCCC1OC(=O)O)Cc1ccccc1. The summed E-state index contributed by atoms with van der Waals surface area (Å²) in [5, 5.41) is 11.6. The molecule has 8 nitrogen and oxygen atoms in total. The van der Waals surface area contributed by atoms with E-state index in [1.807, 2.05) is 30.3 Å². The zero-order valence-corrected chi connectivity index (χ0v) is 16.5. The van der Waals surface area contributed by atoms with Crippen LogP contribution in [-0.4, -0.2) is 52.6 Å². The molecule has 1 aliphatic heterocycles. The van der Waals surface area contributed by atoms with Crippen LogP contribution in [0.15, 0.2) is 30.3 Å². The molecular formula is C20H28N2O6. The molecule has 2 amide bonds. The second-order valence-electron chi connectivity index (χ2n) is 7.80. The van der Waals surface area contributed by atoms with Gasteiger partial charge >= 0.3 is 12.2 Å². The van der Waals surface area contributed by atoms with E-state index in [2.05, 4.69) is 5.32 Å². The van der Waals surface area contributed by atoms with Crippen LogP contribution >= 0.6 is 0 Å². The summed E-state index contributed by atoms with van der Waals surface area (Å²) in [5.74, 6) is -0.263. The number of rotatable bonds is 6. The highest BCUT2D eigenvalue weighted by molar-refractivity contribution is 5.78. The summed E-state index contributed by atoms with van der Waals surface area (Å²) in [4.78, 5) is 37.2. The van der Waals surface area contributed by atoms with E-state index in [1.54, 1.807) is 20.8 Å². The quantitative estimate of drug-likeness (QED) is 0.721. The van der Waals surface area contributed by atoms with Gasteiger partial charge in [-0.3, -0.25) is 4.79 Å². The van der Waals surface area contributed by atoms with Gasteiger partial charge in [-0.05, 0) is 39.2 Å². The van der Waals surface area contributed by atoms with Crippen LogP contribution in [0.4, 0.5) is 9.59 Å². The second-order valence-corrected chi connectivity index (χ2v) is 7.80. The van der Waals surface area contributed by atoms with Crippen LogP contribution in [0.25, 0.3) is 0 Å². The number of hydrogen-bond donors (Lipinski definition) is 2. The number of likely N-dealkylation sites (tertiary alicyclic amines) is 1. The summed E-state index contributed by atoms with van der Waals surface area (Å²) in [7, 11) is 0. The van der Waals surface area contributed by atoms with Crippen molar-refractivity contribution >= 4 is 18.2 Å². The maximum Gasteiger partial charge on any atom is 0.507 e. The van der Waals surface area contributed by atoms with Gasteiger partial charge in [0.15, 0.2) is 6.23 Å². The molecule has 0 bridgehead atoms. The Morgan fingerprint density at radius 1 is 1.25 bits per heavy atom. The molecule has 2 atom stereocenters. The molecular weight excluding hydrogens is 364 g/mol. The normalized spacial score (nSPS) is 17.7. The smallest absolute Gasteiger partial charge is 0.450 e. The first-order valence-electron chi connectivity index (χ1n) is 9.36. The van der Waals surface area contributed by atoms with Gasteiger partial charge in [-0.25, -0.2) is 9.59 Å².